The summed E-state index contributed by atoms with van der Waals surface area (Å²) in [5, 5.41) is 0. The number of ether oxygens (including phenoxy) is 2. The summed E-state index contributed by atoms with van der Waals surface area (Å²) in [6.45, 7) is 1.59. The zero-order chi connectivity index (χ0) is 20.1. The van der Waals surface area contributed by atoms with E-state index < -0.39 is 17.6 Å². The zero-order valence-electron chi connectivity index (χ0n) is 15.2. The largest absolute Gasteiger partial charge is 0.454 e. The van der Waals surface area contributed by atoms with Gasteiger partial charge in [0.05, 0.1) is 5.56 Å². The molecule has 3 nitrogen and oxygen atoms in total. The molecule has 0 unspecified atom stereocenters. The van der Waals surface area contributed by atoms with Crippen molar-refractivity contribution in [1.82, 2.24) is 4.90 Å². The molecule has 0 aromatic heterocycles. The molecular formula is C21H19F4NO2. The minimum absolute atomic E-state index is 0.103. The first kappa shape index (κ1) is 19.9. The molecule has 2 aromatic rings. The smallest absolute Gasteiger partial charge is 0.416 e. The summed E-state index contributed by atoms with van der Waals surface area (Å²) in [5.41, 5.74) is 0.191. The molecule has 0 aliphatic carbocycles. The van der Waals surface area contributed by atoms with Gasteiger partial charge in [-0.2, -0.15) is 13.2 Å². The quantitative estimate of drug-likeness (QED) is 0.493. The van der Waals surface area contributed by atoms with Gasteiger partial charge in [-0.1, -0.05) is 36.4 Å². The fourth-order valence-corrected chi connectivity index (χ4v) is 2.73. The van der Waals surface area contributed by atoms with E-state index in [1.807, 2.05) is 31.3 Å². The number of nitrogens with zero attached hydrogens (tertiary/aromatic N) is 1. The van der Waals surface area contributed by atoms with Gasteiger partial charge in [0.2, 0.25) is 6.79 Å². The molecule has 0 spiro atoms. The Bertz CT molecular complexity index is 890. The second-order valence-corrected chi connectivity index (χ2v) is 6.41. The molecule has 2 aromatic carbocycles. The highest BCUT2D eigenvalue weighted by molar-refractivity contribution is 5.52. The van der Waals surface area contributed by atoms with E-state index in [1.54, 1.807) is 12.2 Å². The predicted octanol–water partition coefficient (Wildman–Crippen LogP) is 5.27. The van der Waals surface area contributed by atoms with Crippen LogP contribution in [0.5, 0.6) is 11.5 Å². The van der Waals surface area contributed by atoms with Crippen molar-refractivity contribution >= 4 is 6.08 Å². The van der Waals surface area contributed by atoms with Crippen LogP contribution in [0.1, 0.15) is 16.7 Å². The van der Waals surface area contributed by atoms with Gasteiger partial charge in [0.1, 0.15) is 5.82 Å². The summed E-state index contributed by atoms with van der Waals surface area (Å²) in [6, 6.07) is 8.28. The van der Waals surface area contributed by atoms with Crippen LogP contribution in [0.25, 0.3) is 6.08 Å². The molecular weight excluding hydrogens is 374 g/mol. The third-order valence-corrected chi connectivity index (χ3v) is 4.16. The van der Waals surface area contributed by atoms with E-state index >= 15 is 0 Å². The number of alkyl halides is 3. The van der Waals surface area contributed by atoms with Crippen LogP contribution in [-0.2, 0) is 12.7 Å². The highest BCUT2D eigenvalue weighted by Gasteiger charge is 2.30. The monoisotopic (exact) mass is 393 g/mol. The molecule has 0 N–H and O–H groups in total. The lowest BCUT2D eigenvalue weighted by Gasteiger charge is -2.14. The molecule has 0 bridgehead atoms. The van der Waals surface area contributed by atoms with Crippen LogP contribution in [0.2, 0.25) is 0 Å². The van der Waals surface area contributed by atoms with Crippen molar-refractivity contribution in [3.05, 3.63) is 77.1 Å². The Labute approximate surface area is 160 Å². The number of hydrogen-bond donors (Lipinski definition) is 0. The van der Waals surface area contributed by atoms with Crippen molar-refractivity contribution in [3.8, 4) is 11.5 Å². The molecule has 0 fully saturated rings. The summed E-state index contributed by atoms with van der Waals surface area (Å²) < 4.78 is 62.0. The van der Waals surface area contributed by atoms with E-state index in [0.717, 1.165) is 29.2 Å². The molecule has 148 valence electrons. The predicted molar refractivity (Wildman–Crippen MR) is 98.5 cm³/mol. The third kappa shape index (κ3) is 5.13. The summed E-state index contributed by atoms with van der Waals surface area (Å²) in [5.74, 6) is 0.578. The maximum atomic E-state index is 13.8. The molecule has 7 heteroatoms. The maximum Gasteiger partial charge on any atom is 0.416 e. The molecule has 1 aliphatic heterocycles. The molecule has 1 heterocycles. The number of hydrogen-bond acceptors (Lipinski definition) is 3. The molecule has 0 radical (unpaired) electrons. The molecule has 3 rings (SSSR count). The van der Waals surface area contributed by atoms with Crippen LogP contribution < -0.4 is 9.47 Å². The van der Waals surface area contributed by atoms with Gasteiger partial charge in [-0.05, 0) is 36.9 Å². The summed E-state index contributed by atoms with van der Waals surface area (Å²) >= 11 is 0. The van der Waals surface area contributed by atoms with Gasteiger partial charge in [-0.25, -0.2) is 4.39 Å². The first-order valence-electron chi connectivity index (χ1n) is 8.60. The molecule has 1 aliphatic rings. The third-order valence-electron chi connectivity index (χ3n) is 4.16. The number of allylic oxidation sites excluding steroid dienone is 2. The lowest BCUT2D eigenvalue weighted by Crippen LogP contribution is -2.17. The highest BCUT2D eigenvalue weighted by atomic mass is 19.4. The van der Waals surface area contributed by atoms with Crippen molar-refractivity contribution in [2.45, 2.75) is 12.7 Å². The Morgan fingerprint density at radius 1 is 1.04 bits per heavy atom. The first-order chi connectivity index (χ1) is 13.3. The molecule has 0 saturated carbocycles. The summed E-state index contributed by atoms with van der Waals surface area (Å²) in [7, 11) is 1.95. The molecule has 0 amide bonds. The van der Waals surface area contributed by atoms with E-state index in [2.05, 4.69) is 4.90 Å². The van der Waals surface area contributed by atoms with Crippen molar-refractivity contribution < 1.29 is 27.0 Å². The van der Waals surface area contributed by atoms with Gasteiger partial charge < -0.3 is 9.47 Å². The SMILES string of the molecule is CN(C/C=C/C=C/c1ccc(C(F)(F)F)cc1F)Cc1ccc2c(c1)OCO2. The van der Waals surface area contributed by atoms with Crippen molar-refractivity contribution in [3.63, 3.8) is 0 Å². The zero-order valence-corrected chi connectivity index (χ0v) is 15.2. The van der Waals surface area contributed by atoms with Crippen molar-refractivity contribution in [2.24, 2.45) is 0 Å². The number of halogens is 4. The van der Waals surface area contributed by atoms with E-state index in [-0.39, 0.29) is 12.4 Å². The van der Waals surface area contributed by atoms with E-state index in [4.69, 9.17) is 9.47 Å². The summed E-state index contributed by atoms with van der Waals surface area (Å²) in [4.78, 5) is 2.07. The van der Waals surface area contributed by atoms with Gasteiger partial charge in [0, 0.05) is 18.7 Å². The standard InChI is InChI=1S/C21H19F4NO2/c1-26(13-15-6-9-19-20(11-15)28-14-27-19)10-4-2-3-5-16-7-8-17(12-18(16)22)21(23,24)25/h2-9,11-12H,10,13-14H2,1H3/b4-2+,5-3+. The van der Waals surface area contributed by atoms with Gasteiger partial charge in [-0.15, -0.1) is 0 Å². The molecule has 0 saturated heterocycles. The summed E-state index contributed by atoms with van der Waals surface area (Å²) in [6.07, 6.45) is 2.09. The average molecular weight is 393 g/mol. The van der Waals surface area contributed by atoms with E-state index in [1.165, 1.54) is 6.08 Å². The molecule has 0 atom stereocenters. The first-order valence-corrected chi connectivity index (χ1v) is 8.60. The van der Waals surface area contributed by atoms with Gasteiger partial charge in [0.25, 0.3) is 0 Å². The van der Waals surface area contributed by atoms with Crippen LogP contribution in [0, 0.1) is 5.82 Å². The number of benzene rings is 2. The Morgan fingerprint density at radius 2 is 1.82 bits per heavy atom. The fourth-order valence-electron chi connectivity index (χ4n) is 2.73. The lowest BCUT2D eigenvalue weighted by atomic mass is 10.1. The van der Waals surface area contributed by atoms with Gasteiger partial charge >= 0.3 is 6.18 Å². The van der Waals surface area contributed by atoms with Gasteiger partial charge in [0.15, 0.2) is 11.5 Å². The number of fused-ring (bicyclic) bond motifs is 1. The number of likely N-dealkylation sites (N-methyl/N-ethyl adjacent to an activating group) is 1. The van der Waals surface area contributed by atoms with Crippen molar-refractivity contribution in [1.29, 1.82) is 0 Å². The van der Waals surface area contributed by atoms with Crippen LogP contribution in [0.3, 0.4) is 0 Å². The topological polar surface area (TPSA) is 21.7 Å². The lowest BCUT2D eigenvalue weighted by molar-refractivity contribution is -0.137. The average Bonchev–Trinajstić information content (AvgIpc) is 3.09. The van der Waals surface area contributed by atoms with Gasteiger partial charge in [-0.3, -0.25) is 4.90 Å². The second-order valence-electron chi connectivity index (χ2n) is 6.41. The van der Waals surface area contributed by atoms with Crippen LogP contribution >= 0.6 is 0 Å². The Morgan fingerprint density at radius 3 is 2.57 bits per heavy atom. The Kier molecular flexibility index (Phi) is 6.04. The van der Waals surface area contributed by atoms with E-state index in [9.17, 15) is 17.6 Å². The van der Waals surface area contributed by atoms with Crippen molar-refractivity contribution in [2.75, 3.05) is 20.4 Å². The minimum atomic E-state index is -4.55. The maximum absolute atomic E-state index is 13.8. The second kappa shape index (κ2) is 8.48. The normalized spacial score (nSPS) is 13.9. The Balaban J connectivity index is 1.51. The van der Waals surface area contributed by atoms with Crippen LogP contribution in [-0.4, -0.2) is 25.3 Å². The Hall–Kier alpha value is -2.80. The minimum Gasteiger partial charge on any atom is -0.454 e. The van der Waals surface area contributed by atoms with E-state index in [0.29, 0.717) is 19.2 Å². The molecule has 28 heavy (non-hydrogen) atoms. The van der Waals surface area contributed by atoms with Crippen LogP contribution in [0.4, 0.5) is 17.6 Å². The van der Waals surface area contributed by atoms with Crippen LogP contribution in [0.15, 0.2) is 54.6 Å². The highest BCUT2D eigenvalue weighted by Crippen LogP contribution is 2.33. The fraction of sp³-hybridized carbons (Fsp3) is 0.238. The number of rotatable bonds is 6.